The molecule has 0 unspecified atom stereocenters. The standard InChI is InChI=1S/C9H9IO3/c1-13-9(12)5-6-2-3-7(10)8(11)4-6/h2-4,11H,5H2,1H3. The average Bonchev–Trinajstić information content (AvgIpc) is 2.11. The van der Waals surface area contributed by atoms with Crippen molar-refractivity contribution in [2.24, 2.45) is 0 Å². The van der Waals surface area contributed by atoms with E-state index < -0.39 is 0 Å². The second-order valence-corrected chi connectivity index (χ2v) is 3.70. The van der Waals surface area contributed by atoms with Crippen molar-refractivity contribution < 1.29 is 14.6 Å². The highest BCUT2D eigenvalue weighted by atomic mass is 127. The maximum absolute atomic E-state index is 10.9. The Hall–Kier alpha value is -0.780. The molecule has 0 saturated heterocycles. The van der Waals surface area contributed by atoms with Crippen molar-refractivity contribution in [2.75, 3.05) is 7.11 Å². The molecule has 1 rings (SSSR count). The van der Waals surface area contributed by atoms with Crippen molar-refractivity contribution >= 4 is 28.6 Å². The number of aromatic hydroxyl groups is 1. The Labute approximate surface area is 89.9 Å². The number of hydrogen-bond acceptors (Lipinski definition) is 3. The number of carbonyl (C=O) groups excluding carboxylic acids is 1. The van der Waals surface area contributed by atoms with Crippen molar-refractivity contribution in [3.05, 3.63) is 27.3 Å². The van der Waals surface area contributed by atoms with Gasteiger partial charge in [0.15, 0.2) is 0 Å². The molecule has 0 atom stereocenters. The van der Waals surface area contributed by atoms with Crippen LogP contribution in [0.15, 0.2) is 18.2 Å². The minimum absolute atomic E-state index is 0.195. The number of phenols is 1. The van der Waals surface area contributed by atoms with Gasteiger partial charge in [0.2, 0.25) is 0 Å². The maximum atomic E-state index is 10.9. The minimum atomic E-state index is -0.305. The van der Waals surface area contributed by atoms with E-state index in [1.807, 2.05) is 22.6 Å². The largest absolute Gasteiger partial charge is 0.507 e. The molecule has 0 aliphatic carbocycles. The quantitative estimate of drug-likeness (QED) is 0.667. The number of hydrogen-bond donors (Lipinski definition) is 1. The number of halogens is 1. The number of esters is 1. The first kappa shape index (κ1) is 10.3. The molecular weight excluding hydrogens is 283 g/mol. The fourth-order valence-electron chi connectivity index (χ4n) is 0.907. The topological polar surface area (TPSA) is 46.5 Å². The van der Waals surface area contributed by atoms with Gasteiger partial charge in [-0.2, -0.15) is 0 Å². The van der Waals surface area contributed by atoms with Gasteiger partial charge < -0.3 is 9.84 Å². The molecule has 1 N–H and O–H groups in total. The van der Waals surface area contributed by atoms with Crippen LogP contribution in [0.1, 0.15) is 5.56 Å². The van der Waals surface area contributed by atoms with Crippen LogP contribution in [0.2, 0.25) is 0 Å². The molecule has 13 heavy (non-hydrogen) atoms. The van der Waals surface area contributed by atoms with Gasteiger partial charge in [-0.15, -0.1) is 0 Å². The smallest absolute Gasteiger partial charge is 0.309 e. The van der Waals surface area contributed by atoms with Crippen LogP contribution in [-0.4, -0.2) is 18.2 Å². The summed E-state index contributed by atoms with van der Waals surface area (Å²) in [5.74, 6) is -0.109. The molecule has 1 aromatic rings. The van der Waals surface area contributed by atoms with Gasteiger partial charge in [0.05, 0.1) is 17.1 Å². The van der Waals surface area contributed by atoms with Crippen molar-refractivity contribution in [1.29, 1.82) is 0 Å². The zero-order chi connectivity index (χ0) is 9.84. The third kappa shape index (κ3) is 2.87. The van der Waals surface area contributed by atoms with Crippen LogP contribution in [0.25, 0.3) is 0 Å². The van der Waals surface area contributed by atoms with Crippen LogP contribution < -0.4 is 0 Å². The number of phenolic OH excluding ortho intramolecular Hbond substituents is 1. The first-order chi connectivity index (χ1) is 6.13. The summed E-state index contributed by atoms with van der Waals surface area (Å²) in [4.78, 5) is 10.9. The zero-order valence-corrected chi connectivity index (χ0v) is 9.24. The minimum Gasteiger partial charge on any atom is -0.507 e. The van der Waals surface area contributed by atoms with Crippen LogP contribution in [0.4, 0.5) is 0 Å². The fraction of sp³-hybridized carbons (Fsp3) is 0.222. The molecule has 0 aliphatic rings. The van der Waals surface area contributed by atoms with Crippen LogP contribution in [0, 0.1) is 3.57 Å². The molecule has 70 valence electrons. The van der Waals surface area contributed by atoms with E-state index in [-0.39, 0.29) is 18.1 Å². The summed E-state index contributed by atoms with van der Waals surface area (Å²) in [7, 11) is 1.34. The van der Waals surface area contributed by atoms with Crippen LogP contribution in [0.5, 0.6) is 5.75 Å². The lowest BCUT2D eigenvalue weighted by atomic mass is 10.1. The Kier molecular flexibility index (Phi) is 3.53. The first-order valence-corrected chi connectivity index (χ1v) is 4.75. The molecule has 3 nitrogen and oxygen atoms in total. The molecule has 0 heterocycles. The predicted octanol–water partition coefficient (Wildman–Crippen LogP) is 1.71. The number of rotatable bonds is 2. The molecule has 0 saturated carbocycles. The number of carbonyl (C=O) groups is 1. The van der Waals surface area contributed by atoms with E-state index in [0.29, 0.717) is 0 Å². The summed E-state index contributed by atoms with van der Waals surface area (Å²) in [5, 5.41) is 9.33. The number of ether oxygens (including phenoxy) is 1. The second-order valence-electron chi connectivity index (χ2n) is 2.54. The number of methoxy groups -OCH3 is 1. The maximum Gasteiger partial charge on any atom is 0.309 e. The molecule has 0 fully saturated rings. The molecule has 4 heteroatoms. The highest BCUT2D eigenvalue weighted by Crippen LogP contribution is 2.20. The van der Waals surface area contributed by atoms with E-state index in [2.05, 4.69) is 4.74 Å². The Balaban J connectivity index is 2.79. The van der Waals surface area contributed by atoms with Crippen molar-refractivity contribution in [3.63, 3.8) is 0 Å². The predicted molar refractivity (Wildman–Crippen MR) is 56.5 cm³/mol. The summed E-state index contributed by atoms with van der Waals surface area (Å²) in [6, 6.07) is 5.12. The van der Waals surface area contributed by atoms with Crippen molar-refractivity contribution in [3.8, 4) is 5.75 Å². The van der Waals surface area contributed by atoms with Crippen LogP contribution in [-0.2, 0) is 16.0 Å². The van der Waals surface area contributed by atoms with Gasteiger partial charge in [0, 0.05) is 0 Å². The van der Waals surface area contributed by atoms with E-state index in [0.717, 1.165) is 9.13 Å². The van der Waals surface area contributed by atoms with Gasteiger partial charge in [-0.1, -0.05) is 6.07 Å². The Morgan fingerprint density at radius 1 is 1.62 bits per heavy atom. The summed E-state index contributed by atoms with van der Waals surface area (Å²) < 4.78 is 5.27. The van der Waals surface area contributed by atoms with Crippen LogP contribution in [0.3, 0.4) is 0 Å². The van der Waals surface area contributed by atoms with E-state index >= 15 is 0 Å². The van der Waals surface area contributed by atoms with Gasteiger partial charge in [0.25, 0.3) is 0 Å². The summed E-state index contributed by atoms with van der Waals surface area (Å²) in [5.41, 5.74) is 0.754. The molecule has 0 radical (unpaired) electrons. The Morgan fingerprint density at radius 2 is 2.31 bits per heavy atom. The van der Waals surface area contributed by atoms with Gasteiger partial charge in [0.1, 0.15) is 5.75 Å². The van der Waals surface area contributed by atoms with Gasteiger partial charge in [-0.05, 0) is 40.3 Å². The van der Waals surface area contributed by atoms with E-state index in [4.69, 9.17) is 0 Å². The molecular formula is C9H9IO3. The van der Waals surface area contributed by atoms with E-state index in [1.165, 1.54) is 7.11 Å². The summed E-state index contributed by atoms with van der Waals surface area (Å²) in [6.07, 6.45) is 0.195. The lowest BCUT2D eigenvalue weighted by Gasteiger charge is -2.01. The zero-order valence-electron chi connectivity index (χ0n) is 7.08. The third-order valence-electron chi connectivity index (χ3n) is 1.59. The van der Waals surface area contributed by atoms with Gasteiger partial charge in [-0.25, -0.2) is 0 Å². The van der Waals surface area contributed by atoms with E-state index in [1.54, 1.807) is 18.2 Å². The normalized spacial score (nSPS) is 9.69. The Bertz CT molecular complexity index is 323. The molecule has 1 aromatic carbocycles. The van der Waals surface area contributed by atoms with Gasteiger partial charge in [-0.3, -0.25) is 4.79 Å². The monoisotopic (exact) mass is 292 g/mol. The lowest BCUT2D eigenvalue weighted by Crippen LogP contribution is -2.04. The summed E-state index contributed by atoms with van der Waals surface area (Å²) >= 11 is 2.02. The van der Waals surface area contributed by atoms with Crippen molar-refractivity contribution in [1.82, 2.24) is 0 Å². The average molecular weight is 292 g/mol. The second kappa shape index (κ2) is 4.45. The molecule has 0 aromatic heterocycles. The van der Waals surface area contributed by atoms with E-state index in [9.17, 15) is 9.90 Å². The Morgan fingerprint density at radius 3 is 2.85 bits per heavy atom. The molecule has 0 spiro atoms. The van der Waals surface area contributed by atoms with Crippen molar-refractivity contribution in [2.45, 2.75) is 6.42 Å². The summed E-state index contributed by atoms with van der Waals surface area (Å²) in [6.45, 7) is 0. The number of benzene rings is 1. The third-order valence-corrected chi connectivity index (χ3v) is 2.50. The van der Waals surface area contributed by atoms with Gasteiger partial charge >= 0.3 is 5.97 Å². The first-order valence-electron chi connectivity index (χ1n) is 3.67. The lowest BCUT2D eigenvalue weighted by molar-refractivity contribution is -0.139. The molecule has 0 aliphatic heterocycles. The van der Waals surface area contributed by atoms with Crippen LogP contribution >= 0.6 is 22.6 Å². The SMILES string of the molecule is COC(=O)Cc1ccc(I)c(O)c1. The fourth-order valence-corrected chi connectivity index (χ4v) is 1.24. The molecule has 0 amide bonds. The highest BCUT2D eigenvalue weighted by molar-refractivity contribution is 14.1. The highest BCUT2D eigenvalue weighted by Gasteiger charge is 2.04. The molecule has 0 bridgehead atoms.